The van der Waals surface area contributed by atoms with E-state index in [1.165, 1.54) is 17.2 Å². The van der Waals surface area contributed by atoms with E-state index in [1.807, 2.05) is 0 Å². The van der Waals surface area contributed by atoms with Crippen molar-refractivity contribution < 1.29 is 14.3 Å². The second-order valence-electron chi connectivity index (χ2n) is 6.21. The lowest BCUT2D eigenvalue weighted by Gasteiger charge is -2.10. The molecule has 1 N–H and O–H groups in total. The Balaban J connectivity index is 2.11. The second kappa shape index (κ2) is 5.57. The average Bonchev–Trinajstić information content (AvgIpc) is 3.06. The van der Waals surface area contributed by atoms with Gasteiger partial charge in [-0.2, -0.15) is 0 Å². The predicted molar refractivity (Wildman–Crippen MR) is 88.1 cm³/mol. The largest absolute Gasteiger partial charge is 0.475 e. The van der Waals surface area contributed by atoms with Crippen LogP contribution in [-0.4, -0.2) is 20.6 Å². The Hall–Kier alpha value is -2.56. The maximum absolute atomic E-state index is 11.0. The van der Waals surface area contributed by atoms with E-state index in [1.54, 1.807) is 6.07 Å². The van der Waals surface area contributed by atoms with Crippen molar-refractivity contribution in [2.45, 2.75) is 40.2 Å². The van der Waals surface area contributed by atoms with Crippen LogP contribution in [0.3, 0.4) is 0 Å². The van der Waals surface area contributed by atoms with Crippen LogP contribution in [-0.2, 0) is 6.54 Å². The highest BCUT2D eigenvalue weighted by Crippen LogP contribution is 2.26. The number of imidazole rings is 1. The van der Waals surface area contributed by atoms with Gasteiger partial charge in [0.05, 0.1) is 17.6 Å². The van der Waals surface area contributed by atoms with Crippen molar-refractivity contribution in [3.8, 4) is 0 Å². The average molecular weight is 312 g/mol. The lowest BCUT2D eigenvalue weighted by Crippen LogP contribution is -2.06. The standard InChI is InChI=1S/C18H20N2O3/c1-10(2)17-19-14-7-11(3)12(4)8-15(14)20(17)9-13-5-6-16(23-13)18(21)22/h5-8,10H,9H2,1-4H3,(H,21,22). The molecule has 0 spiro atoms. The van der Waals surface area contributed by atoms with E-state index in [0.717, 1.165) is 16.9 Å². The van der Waals surface area contributed by atoms with Gasteiger partial charge in [-0.1, -0.05) is 13.8 Å². The molecule has 0 atom stereocenters. The molecule has 120 valence electrons. The third kappa shape index (κ3) is 2.74. The van der Waals surface area contributed by atoms with Crippen LogP contribution >= 0.6 is 0 Å². The summed E-state index contributed by atoms with van der Waals surface area (Å²) in [5.41, 5.74) is 4.43. The van der Waals surface area contributed by atoms with Crippen LogP contribution in [0.4, 0.5) is 0 Å². The first-order valence-corrected chi connectivity index (χ1v) is 7.66. The molecule has 0 aliphatic rings. The molecular formula is C18H20N2O3. The first-order valence-electron chi connectivity index (χ1n) is 7.66. The summed E-state index contributed by atoms with van der Waals surface area (Å²) in [4.78, 5) is 15.7. The molecule has 3 aromatic rings. The van der Waals surface area contributed by atoms with Crippen molar-refractivity contribution in [2.24, 2.45) is 0 Å². The lowest BCUT2D eigenvalue weighted by molar-refractivity contribution is 0.0660. The van der Waals surface area contributed by atoms with Crippen LogP contribution in [0.2, 0.25) is 0 Å². The SMILES string of the molecule is Cc1cc2nc(C(C)C)n(Cc3ccc(C(=O)O)o3)c2cc1C. The molecule has 0 bridgehead atoms. The third-order valence-electron chi connectivity index (χ3n) is 4.10. The minimum Gasteiger partial charge on any atom is -0.475 e. The van der Waals surface area contributed by atoms with Gasteiger partial charge in [0.1, 0.15) is 11.6 Å². The molecule has 0 amide bonds. The molecular weight excluding hydrogens is 292 g/mol. The van der Waals surface area contributed by atoms with E-state index in [4.69, 9.17) is 14.5 Å². The molecule has 2 heterocycles. The summed E-state index contributed by atoms with van der Waals surface area (Å²) < 4.78 is 7.52. The molecule has 3 rings (SSSR count). The molecule has 0 radical (unpaired) electrons. The maximum Gasteiger partial charge on any atom is 0.371 e. The normalized spacial score (nSPS) is 11.5. The van der Waals surface area contributed by atoms with E-state index in [2.05, 4.69) is 44.4 Å². The monoisotopic (exact) mass is 312 g/mol. The second-order valence-corrected chi connectivity index (χ2v) is 6.21. The molecule has 5 heteroatoms. The first kappa shape index (κ1) is 15.3. The molecule has 0 saturated heterocycles. The number of fused-ring (bicyclic) bond motifs is 1. The van der Waals surface area contributed by atoms with Gasteiger partial charge in [-0.15, -0.1) is 0 Å². The van der Waals surface area contributed by atoms with Gasteiger partial charge >= 0.3 is 5.97 Å². The highest BCUT2D eigenvalue weighted by atomic mass is 16.4. The summed E-state index contributed by atoms with van der Waals surface area (Å²) in [5.74, 6) is 0.752. The number of rotatable bonds is 4. The van der Waals surface area contributed by atoms with Gasteiger partial charge in [-0.05, 0) is 49.2 Å². The number of carboxylic acids is 1. The minimum atomic E-state index is -1.05. The summed E-state index contributed by atoms with van der Waals surface area (Å²) in [6.45, 7) is 8.83. The molecule has 1 aromatic carbocycles. The summed E-state index contributed by atoms with van der Waals surface area (Å²) in [5, 5.41) is 8.99. The molecule has 0 aliphatic carbocycles. The van der Waals surface area contributed by atoms with Crippen molar-refractivity contribution in [2.75, 3.05) is 0 Å². The molecule has 0 fully saturated rings. The van der Waals surface area contributed by atoms with Gasteiger partial charge in [0.15, 0.2) is 0 Å². The van der Waals surface area contributed by atoms with Gasteiger partial charge in [0, 0.05) is 5.92 Å². The van der Waals surface area contributed by atoms with Crippen LogP contribution in [0.15, 0.2) is 28.7 Å². The molecule has 0 aliphatic heterocycles. The summed E-state index contributed by atoms with van der Waals surface area (Å²) in [7, 11) is 0. The number of hydrogen-bond acceptors (Lipinski definition) is 3. The molecule has 2 aromatic heterocycles. The number of hydrogen-bond donors (Lipinski definition) is 1. The summed E-state index contributed by atoms with van der Waals surface area (Å²) in [6, 6.07) is 7.42. The van der Waals surface area contributed by atoms with Gasteiger partial charge < -0.3 is 14.1 Å². The van der Waals surface area contributed by atoms with Crippen molar-refractivity contribution in [3.63, 3.8) is 0 Å². The number of furan rings is 1. The third-order valence-corrected chi connectivity index (χ3v) is 4.10. The smallest absolute Gasteiger partial charge is 0.371 e. The number of nitrogens with zero attached hydrogens (tertiary/aromatic N) is 2. The number of aromatic nitrogens is 2. The van der Waals surface area contributed by atoms with Crippen molar-refractivity contribution >= 4 is 17.0 Å². The zero-order chi connectivity index (χ0) is 16.7. The highest BCUT2D eigenvalue weighted by molar-refractivity contribution is 5.84. The fourth-order valence-electron chi connectivity index (χ4n) is 2.74. The number of carboxylic acid groups (broad SMARTS) is 1. The van der Waals surface area contributed by atoms with Crippen molar-refractivity contribution in [1.29, 1.82) is 0 Å². The van der Waals surface area contributed by atoms with Crippen LogP contribution < -0.4 is 0 Å². The van der Waals surface area contributed by atoms with E-state index >= 15 is 0 Å². The Morgan fingerprint density at radius 1 is 1.26 bits per heavy atom. The van der Waals surface area contributed by atoms with Gasteiger partial charge in [0.2, 0.25) is 5.76 Å². The molecule has 0 unspecified atom stereocenters. The number of aromatic carboxylic acids is 1. The fraction of sp³-hybridized carbons (Fsp3) is 0.333. The number of aryl methyl sites for hydroxylation is 2. The molecule has 0 saturated carbocycles. The van der Waals surface area contributed by atoms with Crippen LogP contribution in [0.1, 0.15) is 53.0 Å². The minimum absolute atomic E-state index is 0.0393. The highest BCUT2D eigenvalue weighted by Gasteiger charge is 2.17. The van der Waals surface area contributed by atoms with Crippen LogP contribution in [0.25, 0.3) is 11.0 Å². The Morgan fingerprint density at radius 2 is 1.96 bits per heavy atom. The van der Waals surface area contributed by atoms with E-state index in [9.17, 15) is 4.79 Å². The topological polar surface area (TPSA) is 68.3 Å². The summed E-state index contributed by atoms with van der Waals surface area (Å²) in [6.07, 6.45) is 0. The van der Waals surface area contributed by atoms with E-state index in [0.29, 0.717) is 12.3 Å². The summed E-state index contributed by atoms with van der Waals surface area (Å²) >= 11 is 0. The van der Waals surface area contributed by atoms with Crippen LogP contribution in [0.5, 0.6) is 0 Å². The zero-order valence-corrected chi connectivity index (χ0v) is 13.8. The maximum atomic E-state index is 11.0. The van der Waals surface area contributed by atoms with E-state index < -0.39 is 5.97 Å². The van der Waals surface area contributed by atoms with E-state index in [-0.39, 0.29) is 11.7 Å². The Labute approximate surface area is 134 Å². The van der Waals surface area contributed by atoms with Gasteiger partial charge in [-0.25, -0.2) is 9.78 Å². The van der Waals surface area contributed by atoms with Crippen molar-refractivity contribution in [3.05, 3.63) is 52.7 Å². The number of benzene rings is 1. The molecule has 23 heavy (non-hydrogen) atoms. The van der Waals surface area contributed by atoms with Crippen molar-refractivity contribution in [1.82, 2.24) is 9.55 Å². The first-order chi connectivity index (χ1) is 10.9. The van der Waals surface area contributed by atoms with Crippen LogP contribution in [0, 0.1) is 13.8 Å². The van der Waals surface area contributed by atoms with Gasteiger partial charge in [-0.3, -0.25) is 0 Å². The Bertz CT molecular complexity index is 887. The molecule has 5 nitrogen and oxygen atoms in total. The Kier molecular flexibility index (Phi) is 3.72. The van der Waals surface area contributed by atoms with Gasteiger partial charge in [0.25, 0.3) is 0 Å². The Morgan fingerprint density at radius 3 is 2.57 bits per heavy atom. The fourth-order valence-corrected chi connectivity index (χ4v) is 2.74. The predicted octanol–water partition coefficient (Wildman–Crippen LogP) is 4.12. The quantitative estimate of drug-likeness (QED) is 0.787. The zero-order valence-electron chi connectivity index (χ0n) is 13.8. The lowest BCUT2D eigenvalue weighted by atomic mass is 10.1. The number of carbonyl (C=O) groups is 1.